The summed E-state index contributed by atoms with van der Waals surface area (Å²) >= 11 is 7.77. The van der Waals surface area contributed by atoms with Gasteiger partial charge in [-0.25, -0.2) is 0 Å². The molecular weight excluding hydrogens is 380 g/mol. The number of oxime groups is 1. The molecule has 0 aliphatic heterocycles. The Morgan fingerprint density at radius 3 is 2.59 bits per heavy atom. The summed E-state index contributed by atoms with van der Waals surface area (Å²) in [6.07, 6.45) is 1.84. The second kappa shape index (κ2) is 8.03. The van der Waals surface area contributed by atoms with Crippen LogP contribution < -0.4 is 5.73 Å². The lowest BCUT2D eigenvalue weighted by molar-refractivity contribution is 0.318. The van der Waals surface area contributed by atoms with E-state index in [9.17, 15) is 10.3 Å². The van der Waals surface area contributed by atoms with Gasteiger partial charge in [0.1, 0.15) is 5.75 Å². The molecule has 0 fully saturated rings. The van der Waals surface area contributed by atoms with Crippen LogP contribution in [0.3, 0.4) is 0 Å². The maximum Gasteiger partial charge on any atom is 0.170 e. The Morgan fingerprint density at radius 2 is 2.00 bits per heavy atom. The van der Waals surface area contributed by atoms with Crippen molar-refractivity contribution in [1.82, 2.24) is 0 Å². The van der Waals surface area contributed by atoms with Crippen LogP contribution in [-0.4, -0.2) is 16.1 Å². The number of hydrogen-bond acceptors (Lipinski definition) is 4. The topological polar surface area (TPSA) is 78.8 Å². The highest BCUT2D eigenvalue weighted by Crippen LogP contribution is 2.42. The van der Waals surface area contributed by atoms with Crippen LogP contribution in [-0.2, 0) is 6.42 Å². The van der Waals surface area contributed by atoms with Crippen LogP contribution >= 0.6 is 22.9 Å². The summed E-state index contributed by atoms with van der Waals surface area (Å²) in [5.41, 5.74) is 11.7. The predicted octanol–water partition coefficient (Wildman–Crippen LogP) is 5.80. The van der Waals surface area contributed by atoms with E-state index in [-0.39, 0.29) is 16.6 Å². The highest BCUT2D eigenvalue weighted by molar-refractivity contribution is 7.13. The molecule has 3 aromatic rings. The Hall–Kier alpha value is -2.50. The second-order valence-corrected chi connectivity index (χ2v) is 7.72. The van der Waals surface area contributed by atoms with E-state index in [1.165, 1.54) is 0 Å². The lowest BCUT2D eigenvalue weighted by Gasteiger charge is -2.17. The Bertz CT molecular complexity index is 1010. The average molecular weight is 401 g/mol. The second-order valence-electron chi connectivity index (χ2n) is 6.40. The standard InChI is InChI=1S/C21H21ClN2O2S/c1-3-4-13-9-15(14-5-6-18(25)17(22)11-14)19(16(10-13)21(23)24-26)20-12(2)7-8-27-20/h5-11,25-26H,3-4H2,1-2H3,(H2,23,24). The fourth-order valence-corrected chi connectivity index (χ4v) is 4.35. The van der Waals surface area contributed by atoms with Gasteiger partial charge in [0.2, 0.25) is 0 Å². The molecule has 0 aliphatic carbocycles. The number of aryl methyl sites for hydroxylation is 2. The minimum absolute atomic E-state index is 0.0376. The Morgan fingerprint density at radius 1 is 1.22 bits per heavy atom. The molecule has 0 amide bonds. The van der Waals surface area contributed by atoms with Crippen molar-refractivity contribution in [2.45, 2.75) is 26.7 Å². The van der Waals surface area contributed by atoms with Crippen molar-refractivity contribution >= 4 is 28.8 Å². The lowest BCUT2D eigenvalue weighted by atomic mass is 9.89. The number of aromatic hydroxyl groups is 1. The minimum Gasteiger partial charge on any atom is -0.506 e. The monoisotopic (exact) mass is 400 g/mol. The Balaban J connectivity index is 2.39. The van der Waals surface area contributed by atoms with E-state index in [0.29, 0.717) is 5.56 Å². The summed E-state index contributed by atoms with van der Waals surface area (Å²) in [6, 6.07) is 11.3. The van der Waals surface area contributed by atoms with Gasteiger partial charge in [0.25, 0.3) is 0 Å². The summed E-state index contributed by atoms with van der Waals surface area (Å²) in [5.74, 6) is 0.109. The van der Waals surface area contributed by atoms with Crippen LogP contribution in [0, 0.1) is 6.92 Å². The molecule has 27 heavy (non-hydrogen) atoms. The number of nitrogens with two attached hydrogens (primary N) is 1. The maximum absolute atomic E-state index is 9.81. The van der Waals surface area contributed by atoms with Crippen LogP contribution in [0.2, 0.25) is 5.02 Å². The van der Waals surface area contributed by atoms with Crippen molar-refractivity contribution in [3.8, 4) is 27.3 Å². The quantitative estimate of drug-likeness (QED) is 0.219. The van der Waals surface area contributed by atoms with Crippen LogP contribution in [0.4, 0.5) is 0 Å². The van der Waals surface area contributed by atoms with E-state index in [1.807, 2.05) is 30.5 Å². The molecule has 2 aromatic carbocycles. The van der Waals surface area contributed by atoms with Crippen molar-refractivity contribution in [1.29, 1.82) is 0 Å². The maximum atomic E-state index is 9.81. The Labute approximate surface area is 167 Å². The zero-order chi connectivity index (χ0) is 19.6. The number of benzene rings is 2. The van der Waals surface area contributed by atoms with Gasteiger partial charge in [0.15, 0.2) is 5.84 Å². The van der Waals surface area contributed by atoms with E-state index in [4.69, 9.17) is 17.3 Å². The molecule has 0 saturated heterocycles. The number of nitrogens with zero attached hydrogens (tertiary/aromatic N) is 1. The van der Waals surface area contributed by atoms with Gasteiger partial charge in [0, 0.05) is 16.0 Å². The summed E-state index contributed by atoms with van der Waals surface area (Å²) < 4.78 is 0. The largest absolute Gasteiger partial charge is 0.506 e. The number of phenols is 1. The zero-order valence-corrected chi connectivity index (χ0v) is 16.7. The van der Waals surface area contributed by atoms with E-state index < -0.39 is 0 Å². The molecule has 0 spiro atoms. The molecule has 6 heteroatoms. The van der Waals surface area contributed by atoms with Crippen LogP contribution in [0.1, 0.15) is 30.0 Å². The molecule has 0 radical (unpaired) electrons. The fourth-order valence-electron chi connectivity index (χ4n) is 3.17. The summed E-state index contributed by atoms with van der Waals surface area (Å²) in [6.45, 7) is 4.15. The third-order valence-electron chi connectivity index (χ3n) is 4.47. The van der Waals surface area contributed by atoms with Gasteiger partial charge in [-0.15, -0.1) is 11.3 Å². The summed E-state index contributed by atoms with van der Waals surface area (Å²) in [5, 5.41) is 24.7. The summed E-state index contributed by atoms with van der Waals surface area (Å²) in [7, 11) is 0. The molecular formula is C21H21ClN2O2S. The van der Waals surface area contributed by atoms with E-state index >= 15 is 0 Å². The normalized spacial score (nSPS) is 11.7. The van der Waals surface area contributed by atoms with Gasteiger partial charge in [-0.3, -0.25) is 0 Å². The third-order valence-corrected chi connectivity index (χ3v) is 5.81. The lowest BCUT2D eigenvalue weighted by Crippen LogP contribution is -2.15. The molecule has 1 heterocycles. The van der Waals surface area contributed by atoms with Gasteiger partial charge in [0.05, 0.1) is 5.02 Å². The van der Waals surface area contributed by atoms with Gasteiger partial charge >= 0.3 is 0 Å². The first kappa shape index (κ1) is 19.3. The molecule has 0 atom stereocenters. The number of phenolic OH excluding ortho intramolecular Hbond substituents is 1. The first-order valence-electron chi connectivity index (χ1n) is 8.64. The van der Waals surface area contributed by atoms with Gasteiger partial charge in [-0.2, -0.15) is 0 Å². The molecule has 1 aromatic heterocycles. The number of amidine groups is 1. The first-order valence-corrected chi connectivity index (χ1v) is 9.90. The van der Waals surface area contributed by atoms with E-state index in [1.54, 1.807) is 23.5 Å². The molecule has 0 aliphatic rings. The Kier molecular flexibility index (Phi) is 5.73. The van der Waals surface area contributed by atoms with Crippen LogP contribution in [0.5, 0.6) is 5.75 Å². The van der Waals surface area contributed by atoms with Crippen LogP contribution in [0.15, 0.2) is 46.9 Å². The van der Waals surface area contributed by atoms with Crippen molar-refractivity contribution in [2.75, 3.05) is 0 Å². The zero-order valence-electron chi connectivity index (χ0n) is 15.2. The van der Waals surface area contributed by atoms with Gasteiger partial charge < -0.3 is 16.0 Å². The number of halogens is 1. The number of thiophene rings is 1. The molecule has 140 valence electrons. The molecule has 0 unspecified atom stereocenters. The number of rotatable bonds is 5. The molecule has 3 rings (SSSR count). The minimum atomic E-state index is 0.0376. The highest BCUT2D eigenvalue weighted by atomic mass is 35.5. The molecule has 4 N–H and O–H groups in total. The average Bonchev–Trinajstić information content (AvgIpc) is 3.08. The van der Waals surface area contributed by atoms with Crippen LogP contribution in [0.25, 0.3) is 21.6 Å². The van der Waals surface area contributed by atoms with Crippen molar-refractivity contribution in [2.24, 2.45) is 10.9 Å². The molecule has 4 nitrogen and oxygen atoms in total. The van der Waals surface area contributed by atoms with Crippen molar-refractivity contribution in [3.05, 3.63) is 63.5 Å². The molecule has 0 bridgehead atoms. The van der Waals surface area contributed by atoms with E-state index in [0.717, 1.165) is 45.5 Å². The smallest absolute Gasteiger partial charge is 0.170 e. The van der Waals surface area contributed by atoms with Gasteiger partial charge in [-0.05, 0) is 65.2 Å². The fraction of sp³-hybridized carbons (Fsp3) is 0.190. The number of hydrogen-bond donors (Lipinski definition) is 3. The third kappa shape index (κ3) is 3.80. The van der Waals surface area contributed by atoms with Crippen molar-refractivity contribution < 1.29 is 10.3 Å². The van der Waals surface area contributed by atoms with Crippen molar-refractivity contribution in [3.63, 3.8) is 0 Å². The SMILES string of the molecule is CCCc1cc(C(N)=NO)c(-c2sccc2C)c(-c2ccc(O)c(Cl)c2)c1. The summed E-state index contributed by atoms with van der Waals surface area (Å²) in [4.78, 5) is 1.05. The van der Waals surface area contributed by atoms with Gasteiger partial charge in [-0.1, -0.05) is 42.2 Å². The highest BCUT2D eigenvalue weighted by Gasteiger charge is 2.20. The molecule has 0 saturated carbocycles. The predicted molar refractivity (Wildman–Crippen MR) is 113 cm³/mol. The van der Waals surface area contributed by atoms with E-state index in [2.05, 4.69) is 18.1 Å². The first-order chi connectivity index (χ1) is 13.0.